The number of rotatable bonds is 4. The molecule has 0 spiro atoms. The third-order valence-corrected chi connectivity index (χ3v) is 4.71. The first-order valence-electron chi connectivity index (χ1n) is 5.83. The van der Waals surface area contributed by atoms with Gasteiger partial charge in [0.1, 0.15) is 5.82 Å². The van der Waals surface area contributed by atoms with Crippen LogP contribution in [0.25, 0.3) is 0 Å². The van der Waals surface area contributed by atoms with Crippen LogP contribution in [0.1, 0.15) is 11.1 Å². The van der Waals surface area contributed by atoms with Crippen molar-refractivity contribution in [2.75, 3.05) is 10.5 Å². The fraction of sp³-hybridized carbons (Fsp3) is 0.154. The Hall–Kier alpha value is -1.60. The number of pyridine rings is 1. The van der Waals surface area contributed by atoms with Crippen molar-refractivity contribution in [1.82, 2.24) is 4.98 Å². The summed E-state index contributed by atoms with van der Waals surface area (Å²) in [7, 11) is -3.50. The molecule has 0 aliphatic rings. The summed E-state index contributed by atoms with van der Waals surface area (Å²) in [5.74, 6) is 0.186. The third-order valence-electron chi connectivity index (χ3n) is 2.64. The second-order valence-corrected chi connectivity index (χ2v) is 7.00. The topological polar surface area (TPSA) is 85.1 Å². The van der Waals surface area contributed by atoms with Crippen LogP contribution in [0.5, 0.6) is 0 Å². The Balaban J connectivity index is 2.14. The molecule has 0 aliphatic heterocycles. The fourth-order valence-electron chi connectivity index (χ4n) is 1.62. The Morgan fingerprint density at radius 1 is 1.30 bits per heavy atom. The second kappa shape index (κ2) is 5.80. The number of anilines is 2. The van der Waals surface area contributed by atoms with Gasteiger partial charge in [-0.2, -0.15) is 0 Å². The first kappa shape index (κ1) is 14.8. The minimum Gasteiger partial charge on any atom is -0.399 e. The zero-order chi connectivity index (χ0) is 14.8. The summed E-state index contributed by atoms with van der Waals surface area (Å²) in [4.78, 5) is 4.02. The number of hydrogen-bond donors (Lipinski definition) is 2. The molecular weight excluding hydrogens is 342 g/mol. The van der Waals surface area contributed by atoms with Gasteiger partial charge in [-0.1, -0.05) is 12.1 Å². The largest absolute Gasteiger partial charge is 0.399 e. The molecule has 0 bridgehead atoms. The molecule has 1 heterocycles. The number of benzene rings is 1. The van der Waals surface area contributed by atoms with Gasteiger partial charge in [0.05, 0.1) is 5.75 Å². The first-order chi connectivity index (χ1) is 9.35. The number of sulfonamides is 1. The second-order valence-electron chi connectivity index (χ2n) is 4.42. The number of aryl methyl sites for hydroxylation is 1. The monoisotopic (exact) mass is 355 g/mol. The maximum absolute atomic E-state index is 12.1. The summed E-state index contributed by atoms with van der Waals surface area (Å²) in [6.45, 7) is 1.86. The molecule has 3 N–H and O–H groups in total. The number of nitrogens with one attached hydrogen (secondary N) is 1. The van der Waals surface area contributed by atoms with Gasteiger partial charge in [-0.15, -0.1) is 0 Å². The highest BCUT2D eigenvalue weighted by molar-refractivity contribution is 9.10. The molecule has 0 radical (unpaired) electrons. The molecule has 0 aliphatic carbocycles. The molecule has 1 aromatic heterocycles. The normalized spacial score (nSPS) is 11.3. The smallest absolute Gasteiger partial charge is 0.238 e. The van der Waals surface area contributed by atoms with Crippen LogP contribution in [0.15, 0.2) is 41.0 Å². The van der Waals surface area contributed by atoms with Gasteiger partial charge in [0.2, 0.25) is 10.0 Å². The number of nitrogen functional groups attached to an aromatic ring is 1. The van der Waals surface area contributed by atoms with Crippen molar-refractivity contribution in [2.45, 2.75) is 12.7 Å². The Kier molecular flexibility index (Phi) is 4.29. The van der Waals surface area contributed by atoms with Crippen molar-refractivity contribution < 1.29 is 8.42 Å². The molecule has 7 heteroatoms. The van der Waals surface area contributed by atoms with Gasteiger partial charge in [0, 0.05) is 16.4 Å². The van der Waals surface area contributed by atoms with Gasteiger partial charge in [-0.3, -0.25) is 4.72 Å². The minimum absolute atomic E-state index is 0.121. The van der Waals surface area contributed by atoms with Gasteiger partial charge in [-0.25, -0.2) is 13.4 Å². The Labute approximate surface area is 126 Å². The zero-order valence-electron chi connectivity index (χ0n) is 10.8. The molecule has 0 saturated heterocycles. The number of nitrogens with zero attached hydrogens (tertiary/aromatic N) is 1. The summed E-state index contributed by atoms with van der Waals surface area (Å²) < 4.78 is 27.4. The van der Waals surface area contributed by atoms with Gasteiger partial charge in [0.15, 0.2) is 0 Å². The van der Waals surface area contributed by atoms with Crippen molar-refractivity contribution in [3.63, 3.8) is 0 Å². The van der Waals surface area contributed by atoms with Gasteiger partial charge in [-0.05, 0) is 52.2 Å². The van der Waals surface area contributed by atoms with E-state index in [1.165, 1.54) is 0 Å². The lowest BCUT2D eigenvalue weighted by Crippen LogP contribution is -2.16. The lowest BCUT2D eigenvalue weighted by atomic mass is 10.2. The van der Waals surface area contributed by atoms with Gasteiger partial charge >= 0.3 is 0 Å². The number of aromatic nitrogens is 1. The molecule has 2 rings (SSSR count). The van der Waals surface area contributed by atoms with Crippen molar-refractivity contribution in [3.8, 4) is 0 Å². The highest BCUT2D eigenvalue weighted by Crippen LogP contribution is 2.19. The van der Waals surface area contributed by atoms with Crippen LogP contribution in [0.2, 0.25) is 0 Å². The average Bonchev–Trinajstić information content (AvgIpc) is 2.36. The summed E-state index contributed by atoms with van der Waals surface area (Å²) >= 11 is 3.32. The lowest BCUT2D eigenvalue weighted by molar-refractivity contribution is 0.600. The van der Waals surface area contributed by atoms with Crippen LogP contribution in [-0.2, 0) is 15.8 Å². The van der Waals surface area contributed by atoms with Gasteiger partial charge < -0.3 is 5.73 Å². The number of halogens is 1. The molecule has 0 atom stereocenters. The molecule has 5 nitrogen and oxygen atoms in total. The predicted octanol–water partition coefficient (Wildman–Crippen LogP) is 2.68. The molecular formula is C13H14BrN3O2S. The molecule has 2 aromatic rings. The van der Waals surface area contributed by atoms with E-state index in [1.807, 2.05) is 6.92 Å². The van der Waals surface area contributed by atoms with Crippen molar-refractivity contribution in [1.29, 1.82) is 0 Å². The summed E-state index contributed by atoms with van der Waals surface area (Å²) in [5, 5.41) is 0. The van der Waals surface area contributed by atoms with Crippen LogP contribution in [-0.4, -0.2) is 13.4 Å². The van der Waals surface area contributed by atoms with Crippen molar-refractivity contribution in [2.24, 2.45) is 0 Å². The lowest BCUT2D eigenvalue weighted by Gasteiger charge is -2.08. The summed E-state index contributed by atoms with van der Waals surface area (Å²) in [6.07, 6.45) is 1.57. The average molecular weight is 356 g/mol. The van der Waals surface area contributed by atoms with E-state index in [4.69, 9.17) is 5.73 Å². The first-order valence-corrected chi connectivity index (χ1v) is 8.27. The molecule has 0 unspecified atom stereocenters. The predicted molar refractivity (Wildman–Crippen MR) is 83.8 cm³/mol. The molecule has 20 heavy (non-hydrogen) atoms. The van der Waals surface area contributed by atoms with E-state index in [2.05, 4.69) is 25.6 Å². The Bertz CT molecular complexity index is 715. The highest BCUT2D eigenvalue weighted by atomic mass is 79.9. The maximum Gasteiger partial charge on any atom is 0.238 e. The Morgan fingerprint density at radius 2 is 1.95 bits per heavy atom. The summed E-state index contributed by atoms with van der Waals surface area (Å²) in [6, 6.07) is 8.40. The molecule has 0 fully saturated rings. The van der Waals surface area contributed by atoms with Crippen LogP contribution < -0.4 is 10.5 Å². The van der Waals surface area contributed by atoms with E-state index in [0.717, 1.165) is 10.0 Å². The van der Waals surface area contributed by atoms with Crippen LogP contribution >= 0.6 is 15.9 Å². The van der Waals surface area contributed by atoms with E-state index in [0.29, 0.717) is 17.1 Å². The van der Waals surface area contributed by atoms with E-state index in [-0.39, 0.29) is 5.75 Å². The van der Waals surface area contributed by atoms with Gasteiger partial charge in [0.25, 0.3) is 0 Å². The van der Waals surface area contributed by atoms with E-state index in [1.54, 1.807) is 36.5 Å². The molecule has 0 saturated carbocycles. The highest BCUT2D eigenvalue weighted by Gasteiger charge is 2.13. The van der Waals surface area contributed by atoms with Crippen LogP contribution in [0, 0.1) is 6.92 Å². The van der Waals surface area contributed by atoms with E-state index >= 15 is 0 Å². The molecule has 106 valence electrons. The SMILES string of the molecule is Cc1cc(NS(=O)(=O)Cc2ccc(N)cc2)ncc1Br. The quantitative estimate of drug-likeness (QED) is 0.825. The minimum atomic E-state index is -3.50. The summed E-state index contributed by atoms with van der Waals surface area (Å²) in [5.41, 5.74) is 7.74. The maximum atomic E-state index is 12.1. The Morgan fingerprint density at radius 3 is 2.55 bits per heavy atom. The zero-order valence-corrected chi connectivity index (χ0v) is 13.2. The van der Waals surface area contributed by atoms with Crippen molar-refractivity contribution >= 4 is 37.5 Å². The van der Waals surface area contributed by atoms with E-state index < -0.39 is 10.0 Å². The van der Waals surface area contributed by atoms with Crippen LogP contribution in [0.3, 0.4) is 0 Å². The van der Waals surface area contributed by atoms with Crippen molar-refractivity contribution in [3.05, 3.63) is 52.1 Å². The number of hydrogen-bond acceptors (Lipinski definition) is 4. The molecule has 1 aromatic carbocycles. The third kappa shape index (κ3) is 3.94. The molecule has 0 amide bonds. The van der Waals surface area contributed by atoms with Crippen LogP contribution in [0.4, 0.5) is 11.5 Å². The van der Waals surface area contributed by atoms with E-state index in [9.17, 15) is 8.42 Å². The standard InChI is InChI=1S/C13H14BrN3O2S/c1-9-6-13(16-7-12(9)14)17-20(18,19)8-10-2-4-11(15)5-3-10/h2-7H,8,15H2,1H3,(H,16,17). The fourth-order valence-corrected chi connectivity index (χ4v) is 2.97. The number of nitrogens with two attached hydrogens (primary N) is 1.